The first kappa shape index (κ1) is 13.2. The van der Waals surface area contributed by atoms with E-state index in [4.69, 9.17) is 0 Å². The molecule has 1 rings (SSSR count). The van der Waals surface area contributed by atoms with Crippen molar-refractivity contribution in [3.8, 4) is 0 Å². The molecule has 0 unspecified atom stereocenters. The Morgan fingerprint density at radius 3 is 2.82 bits per heavy atom. The Morgan fingerprint density at radius 2 is 2.24 bits per heavy atom. The van der Waals surface area contributed by atoms with Gasteiger partial charge >= 0.3 is 5.97 Å². The van der Waals surface area contributed by atoms with E-state index < -0.39 is 0 Å². The Kier molecular flexibility index (Phi) is 4.63. The number of carbonyl (C=O) groups is 1. The molecule has 1 aromatic heterocycles. The van der Waals surface area contributed by atoms with Crippen molar-refractivity contribution in [3.05, 3.63) is 39.8 Å². The number of aryl methyl sites for hydroxylation is 1. The van der Waals surface area contributed by atoms with Gasteiger partial charge in [0, 0.05) is 11.6 Å². The fraction of sp³-hybridized carbons (Fsp3) is 0.417. The van der Waals surface area contributed by atoms with E-state index in [9.17, 15) is 9.59 Å². The third-order valence-electron chi connectivity index (χ3n) is 2.34. The Bertz CT molecular complexity index is 489. The molecule has 0 aromatic carbocycles. The van der Waals surface area contributed by atoms with Crippen LogP contribution in [-0.4, -0.2) is 22.9 Å². The number of esters is 1. The molecule has 0 saturated carbocycles. The standard InChI is InChI=1S/C12H16N2O3/c1-4-10(12(16)17-3)7-8-14-11(15)6-5-9(2)13-14/h5-7H,4,8H2,1-3H3. The van der Waals surface area contributed by atoms with Gasteiger partial charge in [-0.15, -0.1) is 0 Å². The van der Waals surface area contributed by atoms with Gasteiger partial charge in [-0.1, -0.05) is 13.0 Å². The molecule has 0 spiro atoms. The SMILES string of the molecule is CCC(=CCn1nc(C)ccc1=O)C(=O)OC. The van der Waals surface area contributed by atoms with E-state index >= 15 is 0 Å². The van der Waals surface area contributed by atoms with Crippen molar-refractivity contribution >= 4 is 5.97 Å². The molecular weight excluding hydrogens is 220 g/mol. The molecule has 5 nitrogen and oxygen atoms in total. The number of rotatable bonds is 4. The summed E-state index contributed by atoms with van der Waals surface area (Å²) in [5.74, 6) is -0.367. The van der Waals surface area contributed by atoms with Gasteiger partial charge in [0.15, 0.2) is 0 Å². The lowest BCUT2D eigenvalue weighted by Crippen LogP contribution is -2.22. The summed E-state index contributed by atoms with van der Waals surface area (Å²) in [5.41, 5.74) is 1.11. The van der Waals surface area contributed by atoms with E-state index in [-0.39, 0.29) is 18.1 Å². The Hall–Kier alpha value is -1.91. The van der Waals surface area contributed by atoms with Crippen molar-refractivity contribution in [2.75, 3.05) is 7.11 Å². The lowest BCUT2D eigenvalue weighted by atomic mass is 10.2. The summed E-state index contributed by atoms with van der Waals surface area (Å²) >= 11 is 0. The summed E-state index contributed by atoms with van der Waals surface area (Å²) in [6.45, 7) is 3.94. The van der Waals surface area contributed by atoms with Crippen molar-refractivity contribution in [1.29, 1.82) is 0 Å². The average molecular weight is 236 g/mol. The molecular formula is C12H16N2O3. The van der Waals surface area contributed by atoms with Gasteiger partial charge in [-0.25, -0.2) is 9.48 Å². The summed E-state index contributed by atoms with van der Waals surface area (Å²) < 4.78 is 5.94. The summed E-state index contributed by atoms with van der Waals surface area (Å²) in [4.78, 5) is 22.8. The predicted molar refractivity (Wildman–Crippen MR) is 63.6 cm³/mol. The second-order valence-corrected chi connectivity index (χ2v) is 3.57. The van der Waals surface area contributed by atoms with Crippen molar-refractivity contribution in [3.63, 3.8) is 0 Å². The van der Waals surface area contributed by atoms with Gasteiger partial charge < -0.3 is 4.74 Å². The summed E-state index contributed by atoms with van der Waals surface area (Å²) in [7, 11) is 1.34. The predicted octanol–water partition coefficient (Wildman–Crippen LogP) is 1.06. The normalized spacial score (nSPS) is 11.4. The minimum atomic E-state index is -0.367. The number of ether oxygens (including phenoxy) is 1. The number of methoxy groups -OCH3 is 1. The van der Waals surface area contributed by atoms with Crippen molar-refractivity contribution in [2.45, 2.75) is 26.8 Å². The summed E-state index contributed by atoms with van der Waals surface area (Å²) in [6, 6.07) is 3.11. The van der Waals surface area contributed by atoms with Crippen LogP contribution in [0.3, 0.4) is 0 Å². The Balaban J connectivity index is 2.91. The number of aromatic nitrogens is 2. The summed E-state index contributed by atoms with van der Waals surface area (Å²) in [6.07, 6.45) is 2.23. The van der Waals surface area contributed by atoms with Gasteiger partial charge in [-0.3, -0.25) is 4.79 Å². The first-order valence-electron chi connectivity index (χ1n) is 5.40. The molecule has 0 bridgehead atoms. The number of allylic oxidation sites excluding steroid dienone is 1. The van der Waals surface area contributed by atoms with Gasteiger partial charge in [0.2, 0.25) is 0 Å². The maximum Gasteiger partial charge on any atom is 0.333 e. The maximum absolute atomic E-state index is 11.5. The molecule has 0 saturated heterocycles. The smallest absolute Gasteiger partial charge is 0.333 e. The van der Waals surface area contributed by atoms with E-state index in [1.165, 1.54) is 17.9 Å². The largest absolute Gasteiger partial charge is 0.466 e. The molecule has 0 amide bonds. The van der Waals surface area contributed by atoms with E-state index in [1.807, 2.05) is 6.92 Å². The number of carbonyl (C=O) groups excluding carboxylic acids is 1. The number of hydrogen-bond acceptors (Lipinski definition) is 4. The minimum absolute atomic E-state index is 0.188. The number of nitrogens with zero attached hydrogens (tertiary/aromatic N) is 2. The van der Waals surface area contributed by atoms with Gasteiger partial charge in [-0.2, -0.15) is 5.10 Å². The van der Waals surface area contributed by atoms with Gasteiger partial charge in [-0.05, 0) is 19.4 Å². The lowest BCUT2D eigenvalue weighted by Gasteiger charge is -2.04. The monoisotopic (exact) mass is 236 g/mol. The van der Waals surface area contributed by atoms with Crippen LogP contribution in [0.2, 0.25) is 0 Å². The molecule has 5 heteroatoms. The second-order valence-electron chi connectivity index (χ2n) is 3.57. The van der Waals surface area contributed by atoms with Crippen LogP contribution in [0.15, 0.2) is 28.6 Å². The molecule has 92 valence electrons. The second kappa shape index (κ2) is 5.98. The van der Waals surface area contributed by atoms with Crippen LogP contribution < -0.4 is 5.56 Å². The zero-order valence-corrected chi connectivity index (χ0v) is 10.3. The van der Waals surface area contributed by atoms with Crippen LogP contribution >= 0.6 is 0 Å². The molecule has 0 N–H and O–H groups in total. The molecule has 0 aliphatic carbocycles. The van der Waals surface area contributed by atoms with E-state index in [0.717, 1.165) is 5.69 Å². The molecule has 0 fully saturated rings. The van der Waals surface area contributed by atoms with Crippen molar-refractivity contribution < 1.29 is 9.53 Å². The van der Waals surface area contributed by atoms with Crippen LogP contribution in [0.1, 0.15) is 19.0 Å². The van der Waals surface area contributed by atoms with Crippen LogP contribution in [0.5, 0.6) is 0 Å². The molecule has 0 radical (unpaired) electrons. The quantitative estimate of drug-likeness (QED) is 0.579. The van der Waals surface area contributed by atoms with Crippen LogP contribution in [0.4, 0.5) is 0 Å². The first-order chi connectivity index (χ1) is 8.08. The molecule has 1 aromatic rings. The van der Waals surface area contributed by atoms with Gasteiger partial charge in [0.1, 0.15) is 0 Å². The van der Waals surface area contributed by atoms with Gasteiger partial charge in [0.25, 0.3) is 5.56 Å². The zero-order valence-electron chi connectivity index (χ0n) is 10.3. The molecule has 0 aliphatic rings. The fourth-order valence-corrected chi connectivity index (χ4v) is 1.38. The lowest BCUT2D eigenvalue weighted by molar-refractivity contribution is -0.136. The number of hydrogen-bond donors (Lipinski definition) is 0. The highest BCUT2D eigenvalue weighted by Gasteiger charge is 2.06. The first-order valence-corrected chi connectivity index (χ1v) is 5.40. The van der Waals surface area contributed by atoms with Gasteiger partial charge in [0.05, 0.1) is 19.3 Å². The van der Waals surface area contributed by atoms with Crippen molar-refractivity contribution in [1.82, 2.24) is 9.78 Å². The Labute approximate surface area is 99.7 Å². The maximum atomic E-state index is 11.5. The topological polar surface area (TPSA) is 61.2 Å². The fourth-order valence-electron chi connectivity index (χ4n) is 1.38. The molecule has 1 heterocycles. The van der Waals surface area contributed by atoms with E-state index in [1.54, 1.807) is 19.1 Å². The summed E-state index contributed by atoms with van der Waals surface area (Å²) in [5, 5.41) is 4.07. The third kappa shape index (κ3) is 3.55. The minimum Gasteiger partial charge on any atom is -0.466 e. The van der Waals surface area contributed by atoms with Crippen LogP contribution in [0.25, 0.3) is 0 Å². The highest BCUT2D eigenvalue weighted by atomic mass is 16.5. The van der Waals surface area contributed by atoms with Crippen molar-refractivity contribution in [2.24, 2.45) is 0 Å². The van der Waals surface area contributed by atoms with E-state index in [0.29, 0.717) is 12.0 Å². The highest BCUT2D eigenvalue weighted by Crippen LogP contribution is 2.03. The average Bonchev–Trinajstić information content (AvgIpc) is 2.33. The molecule has 0 atom stereocenters. The third-order valence-corrected chi connectivity index (χ3v) is 2.34. The molecule has 17 heavy (non-hydrogen) atoms. The molecule has 0 aliphatic heterocycles. The highest BCUT2D eigenvalue weighted by molar-refractivity contribution is 5.88. The van der Waals surface area contributed by atoms with Crippen LogP contribution in [-0.2, 0) is 16.1 Å². The van der Waals surface area contributed by atoms with E-state index in [2.05, 4.69) is 9.84 Å². The zero-order chi connectivity index (χ0) is 12.8. The van der Waals surface area contributed by atoms with Crippen LogP contribution in [0, 0.1) is 6.92 Å². The Morgan fingerprint density at radius 1 is 1.53 bits per heavy atom.